The van der Waals surface area contributed by atoms with Gasteiger partial charge in [-0.3, -0.25) is 4.79 Å². The Kier molecular flexibility index (Phi) is 7.75. The summed E-state index contributed by atoms with van der Waals surface area (Å²) in [5.74, 6) is 1.17. The number of esters is 1. The Hall–Kier alpha value is -2.56. The molecule has 48 heavy (non-hydrogen) atoms. The molecule has 5 aliphatic rings. The molecular formula is C43H62N2O3. The molecule has 262 valence electrons. The molecule has 1 aromatic carbocycles. The molecule has 5 heteroatoms. The monoisotopic (exact) mass is 654 g/mol. The van der Waals surface area contributed by atoms with E-state index in [0.717, 1.165) is 51.4 Å². The third kappa shape index (κ3) is 4.46. The molecule has 9 atom stereocenters. The summed E-state index contributed by atoms with van der Waals surface area (Å²) in [6, 6.07) is 8.34. The Morgan fingerprint density at radius 3 is 2.40 bits per heavy atom. The van der Waals surface area contributed by atoms with Crippen LogP contribution in [0.25, 0.3) is 10.9 Å². The summed E-state index contributed by atoms with van der Waals surface area (Å²) in [6.45, 7) is 21.9. The SMILES string of the molecule is CC[C@H](C)[C@H](NC(=O)[C@]12CCC(C)(C)C[C@H]1C1=CC[C@@H]3[C@@]4(C)Cc5c([nH]c6ccccc56)C(C)(C)[C@@H]4CC[C@@]3(C)[C@]1(C)CC2)C(=O)OC. The Morgan fingerprint density at radius 1 is 0.979 bits per heavy atom. The van der Waals surface area contributed by atoms with Crippen molar-refractivity contribution in [3.63, 3.8) is 0 Å². The van der Waals surface area contributed by atoms with Crippen LogP contribution in [-0.2, 0) is 26.2 Å². The number of hydrogen-bond acceptors (Lipinski definition) is 3. The number of carbonyl (C=O) groups excluding carboxylic acids is 2. The fraction of sp³-hybridized carbons (Fsp3) is 0.721. The quantitative estimate of drug-likeness (QED) is 0.249. The van der Waals surface area contributed by atoms with Gasteiger partial charge in [-0.05, 0) is 115 Å². The van der Waals surface area contributed by atoms with E-state index in [1.54, 1.807) is 11.1 Å². The van der Waals surface area contributed by atoms with Crippen LogP contribution in [0.5, 0.6) is 0 Å². The molecule has 2 aromatic rings. The van der Waals surface area contributed by atoms with E-state index in [-0.39, 0.29) is 50.8 Å². The number of rotatable bonds is 5. The maximum atomic E-state index is 14.7. The third-order valence-corrected chi connectivity index (χ3v) is 16.2. The van der Waals surface area contributed by atoms with Gasteiger partial charge in [0.15, 0.2) is 0 Å². The normalized spacial score (nSPS) is 39.0. The maximum Gasteiger partial charge on any atom is 0.328 e. The molecule has 0 saturated heterocycles. The van der Waals surface area contributed by atoms with Gasteiger partial charge in [-0.25, -0.2) is 4.79 Å². The van der Waals surface area contributed by atoms with Gasteiger partial charge in [0, 0.05) is 22.0 Å². The van der Waals surface area contributed by atoms with Crippen molar-refractivity contribution >= 4 is 22.8 Å². The van der Waals surface area contributed by atoms with Crippen LogP contribution in [0.15, 0.2) is 35.9 Å². The number of benzene rings is 1. The van der Waals surface area contributed by atoms with Gasteiger partial charge in [0.05, 0.1) is 12.5 Å². The lowest BCUT2D eigenvalue weighted by atomic mass is 9.33. The second kappa shape index (κ2) is 11.0. The number of carbonyl (C=O) groups is 2. The lowest BCUT2D eigenvalue weighted by Gasteiger charge is -2.70. The van der Waals surface area contributed by atoms with E-state index in [0.29, 0.717) is 11.8 Å². The topological polar surface area (TPSA) is 71.2 Å². The van der Waals surface area contributed by atoms with E-state index in [4.69, 9.17) is 4.74 Å². The molecular weight excluding hydrogens is 592 g/mol. The van der Waals surface area contributed by atoms with Gasteiger partial charge >= 0.3 is 5.97 Å². The molecule has 3 fully saturated rings. The van der Waals surface area contributed by atoms with Crippen LogP contribution in [0, 0.1) is 50.7 Å². The second-order valence-electron chi connectivity index (χ2n) is 19.2. The minimum absolute atomic E-state index is 0.0204. The van der Waals surface area contributed by atoms with Crippen LogP contribution in [0.3, 0.4) is 0 Å². The zero-order chi connectivity index (χ0) is 34.7. The zero-order valence-electron chi connectivity index (χ0n) is 31.6. The molecule has 3 saturated carbocycles. The lowest BCUT2D eigenvalue weighted by molar-refractivity contribution is -0.169. The average molecular weight is 655 g/mol. The maximum absolute atomic E-state index is 14.7. The van der Waals surface area contributed by atoms with Crippen LogP contribution in [0.4, 0.5) is 0 Å². The fourth-order valence-electron chi connectivity index (χ4n) is 13.0. The number of allylic oxidation sites excluding steroid dienone is 2. The summed E-state index contributed by atoms with van der Waals surface area (Å²) in [5, 5.41) is 4.72. The highest BCUT2D eigenvalue weighted by Crippen LogP contribution is 2.75. The average Bonchev–Trinajstić information content (AvgIpc) is 3.41. The van der Waals surface area contributed by atoms with Crippen molar-refractivity contribution in [2.45, 2.75) is 138 Å². The third-order valence-electron chi connectivity index (χ3n) is 16.2. The van der Waals surface area contributed by atoms with E-state index in [1.807, 2.05) is 6.92 Å². The molecule has 0 aliphatic heterocycles. The first-order valence-corrected chi connectivity index (χ1v) is 19.2. The standard InChI is InChI=1S/C43H62N2O3/c1-11-26(2)34(36(46)48-10)45-37(47)43-22-20-38(3,4)25-30(43)29-16-17-33-40(7)24-28-27-14-12-13-15-31(27)44-35(28)39(5,6)32(40)18-19-42(33,9)41(29,8)21-23-43/h12-16,26,30,32-34,44H,11,17-25H2,1-10H3,(H,45,47)/t26-,30-,32-,33+,34-,40-,41+,42+,43-/m0/s1. The largest absolute Gasteiger partial charge is 0.467 e. The van der Waals surface area contributed by atoms with Crippen molar-refractivity contribution in [1.82, 2.24) is 10.3 Å². The molecule has 7 rings (SSSR count). The number of aromatic amines is 1. The van der Waals surface area contributed by atoms with Crippen molar-refractivity contribution in [2.24, 2.45) is 50.7 Å². The van der Waals surface area contributed by atoms with E-state index in [9.17, 15) is 9.59 Å². The number of amides is 1. The molecule has 0 unspecified atom stereocenters. The van der Waals surface area contributed by atoms with Crippen LogP contribution >= 0.6 is 0 Å². The van der Waals surface area contributed by atoms with Crippen molar-refractivity contribution in [3.05, 3.63) is 47.2 Å². The van der Waals surface area contributed by atoms with Crippen molar-refractivity contribution in [1.29, 1.82) is 0 Å². The predicted octanol–water partition coefficient (Wildman–Crippen LogP) is 9.69. The predicted molar refractivity (Wildman–Crippen MR) is 194 cm³/mol. The van der Waals surface area contributed by atoms with Gasteiger partial charge in [0.25, 0.3) is 0 Å². The molecule has 5 nitrogen and oxygen atoms in total. The van der Waals surface area contributed by atoms with Gasteiger partial charge in [0.2, 0.25) is 5.91 Å². The summed E-state index contributed by atoms with van der Waals surface area (Å²) >= 11 is 0. The Balaban J connectivity index is 1.29. The van der Waals surface area contributed by atoms with Crippen molar-refractivity contribution in [2.75, 3.05) is 7.11 Å². The number of fused-ring (bicyclic) bond motifs is 10. The first kappa shape index (κ1) is 33.9. The zero-order valence-corrected chi connectivity index (χ0v) is 31.6. The molecule has 0 bridgehead atoms. The Labute approximate surface area is 289 Å². The molecule has 0 spiro atoms. The van der Waals surface area contributed by atoms with E-state index in [1.165, 1.54) is 36.5 Å². The highest BCUT2D eigenvalue weighted by molar-refractivity contribution is 5.89. The lowest BCUT2D eigenvalue weighted by Crippen LogP contribution is -2.65. The number of nitrogens with one attached hydrogen (secondary N) is 2. The number of H-pyrrole nitrogens is 1. The summed E-state index contributed by atoms with van der Waals surface area (Å²) in [6.07, 6.45) is 13.0. The summed E-state index contributed by atoms with van der Waals surface area (Å²) in [4.78, 5) is 31.6. The van der Waals surface area contributed by atoms with Gasteiger partial charge in [-0.2, -0.15) is 0 Å². The Bertz CT molecular complexity index is 1660. The molecule has 0 radical (unpaired) electrons. The highest BCUT2D eigenvalue weighted by Gasteiger charge is 2.69. The number of ether oxygens (including phenoxy) is 1. The van der Waals surface area contributed by atoms with Crippen LogP contribution in [-0.4, -0.2) is 30.0 Å². The van der Waals surface area contributed by atoms with Gasteiger partial charge < -0.3 is 15.0 Å². The van der Waals surface area contributed by atoms with Crippen molar-refractivity contribution < 1.29 is 14.3 Å². The fourth-order valence-corrected chi connectivity index (χ4v) is 13.0. The number of aromatic nitrogens is 1. The first-order chi connectivity index (χ1) is 22.5. The number of para-hydroxylation sites is 1. The smallest absolute Gasteiger partial charge is 0.328 e. The van der Waals surface area contributed by atoms with Gasteiger partial charge in [-0.15, -0.1) is 0 Å². The Morgan fingerprint density at radius 2 is 1.69 bits per heavy atom. The molecule has 1 aromatic heterocycles. The van der Waals surface area contributed by atoms with E-state index in [2.05, 4.69) is 96.0 Å². The first-order valence-electron chi connectivity index (χ1n) is 19.2. The highest BCUT2D eigenvalue weighted by atomic mass is 16.5. The summed E-state index contributed by atoms with van der Waals surface area (Å²) in [7, 11) is 1.44. The second-order valence-corrected chi connectivity index (χ2v) is 19.2. The molecule has 5 aliphatic carbocycles. The van der Waals surface area contributed by atoms with Crippen molar-refractivity contribution in [3.8, 4) is 0 Å². The minimum Gasteiger partial charge on any atom is -0.467 e. The molecule has 1 amide bonds. The minimum atomic E-state index is -0.604. The van der Waals surface area contributed by atoms with E-state index >= 15 is 0 Å². The molecule has 2 N–H and O–H groups in total. The number of hydrogen-bond donors (Lipinski definition) is 2. The number of methoxy groups -OCH3 is 1. The van der Waals surface area contributed by atoms with E-state index < -0.39 is 11.5 Å². The van der Waals surface area contributed by atoms with Gasteiger partial charge in [0.1, 0.15) is 6.04 Å². The van der Waals surface area contributed by atoms with Crippen LogP contribution in [0.1, 0.15) is 131 Å². The van der Waals surface area contributed by atoms with Crippen LogP contribution in [0.2, 0.25) is 0 Å². The van der Waals surface area contributed by atoms with Crippen LogP contribution < -0.4 is 5.32 Å². The summed E-state index contributed by atoms with van der Waals surface area (Å²) < 4.78 is 5.21. The molecule has 1 heterocycles. The van der Waals surface area contributed by atoms with Gasteiger partial charge in [-0.1, -0.05) is 98.6 Å². The summed E-state index contributed by atoms with van der Waals surface area (Å²) in [5.41, 5.74) is 6.01.